The summed E-state index contributed by atoms with van der Waals surface area (Å²) in [5, 5.41) is 0. The summed E-state index contributed by atoms with van der Waals surface area (Å²) in [6, 6.07) is 2.75. The van der Waals surface area contributed by atoms with Gasteiger partial charge in [0.2, 0.25) is 10.0 Å². The van der Waals surface area contributed by atoms with Gasteiger partial charge in [-0.25, -0.2) is 8.42 Å². The number of rotatable bonds is 5. The number of alkyl halides is 3. The topological polar surface area (TPSA) is 63.4 Å². The zero-order chi connectivity index (χ0) is 16.4. The van der Waals surface area contributed by atoms with Gasteiger partial charge < -0.3 is 5.73 Å². The molecule has 0 radical (unpaired) electrons. The van der Waals surface area contributed by atoms with Crippen LogP contribution >= 0.6 is 31.9 Å². The quantitative estimate of drug-likeness (QED) is 0.690. The predicted molar refractivity (Wildman–Crippen MR) is 81.4 cm³/mol. The van der Waals surface area contributed by atoms with Crippen molar-refractivity contribution in [1.29, 1.82) is 0 Å². The van der Waals surface area contributed by atoms with E-state index in [0.29, 0.717) is 8.78 Å². The fraction of sp³-hybridized carbons (Fsp3) is 0.455. The van der Waals surface area contributed by atoms with Gasteiger partial charge in [-0.1, -0.05) is 22.9 Å². The van der Waals surface area contributed by atoms with Crippen LogP contribution in [0.4, 0.5) is 18.9 Å². The third kappa shape index (κ3) is 4.83. The Morgan fingerprint density at radius 2 is 1.86 bits per heavy atom. The first kappa shape index (κ1) is 18.7. The van der Waals surface area contributed by atoms with Gasteiger partial charge in [0, 0.05) is 15.5 Å². The molecule has 0 amide bonds. The molecule has 0 aliphatic carbocycles. The molecule has 4 nitrogen and oxygen atoms in total. The van der Waals surface area contributed by atoms with E-state index in [4.69, 9.17) is 5.73 Å². The highest BCUT2D eigenvalue weighted by atomic mass is 79.9. The molecule has 1 aromatic rings. The largest absolute Gasteiger partial charge is 0.402 e. The number of hydrogen-bond donors (Lipinski definition) is 1. The minimum absolute atomic E-state index is 0.109. The molecule has 0 saturated heterocycles. The van der Waals surface area contributed by atoms with Crippen molar-refractivity contribution >= 4 is 47.6 Å². The summed E-state index contributed by atoms with van der Waals surface area (Å²) in [6.07, 6.45) is -4.37. The molecule has 0 bridgehead atoms. The van der Waals surface area contributed by atoms with E-state index in [0.717, 1.165) is 0 Å². The zero-order valence-corrected chi connectivity index (χ0v) is 14.9. The van der Waals surface area contributed by atoms with Gasteiger partial charge in [-0.15, -0.1) is 0 Å². The van der Waals surface area contributed by atoms with Crippen molar-refractivity contribution in [1.82, 2.24) is 4.31 Å². The van der Waals surface area contributed by atoms with E-state index in [2.05, 4.69) is 31.9 Å². The third-order valence-electron chi connectivity index (χ3n) is 2.46. The normalized spacial score (nSPS) is 12.9. The fourth-order valence-electron chi connectivity index (χ4n) is 1.72. The summed E-state index contributed by atoms with van der Waals surface area (Å²) in [5.41, 5.74) is 5.53. The Hall–Kier alpha value is -0.320. The maximum atomic E-state index is 12.6. The summed E-state index contributed by atoms with van der Waals surface area (Å²) < 4.78 is 63.7. The van der Waals surface area contributed by atoms with Crippen molar-refractivity contribution in [2.45, 2.75) is 24.4 Å². The lowest BCUT2D eigenvalue weighted by atomic mass is 10.3. The molecule has 21 heavy (non-hydrogen) atoms. The Morgan fingerprint density at radius 3 is 2.29 bits per heavy atom. The molecular weight excluding hydrogens is 441 g/mol. The molecule has 0 unspecified atom stereocenters. The molecule has 0 heterocycles. The lowest BCUT2D eigenvalue weighted by Crippen LogP contribution is -2.39. The van der Waals surface area contributed by atoms with Crippen LogP contribution in [0.1, 0.15) is 13.3 Å². The van der Waals surface area contributed by atoms with E-state index in [9.17, 15) is 21.6 Å². The van der Waals surface area contributed by atoms with Crippen LogP contribution in [0.3, 0.4) is 0 Å². The molecule has 0 saturated carbocycles. The van der Waals surface area contributed by atoms with Crippen LogP contribution in [-0.4, -0.2) is 32.0 Å². The highest BCUT2D eigenvalue weighted by Gasteiger charge is 2.38. The molecule has 1 aromatic carbocycles. The first-order valence-corrected chi connectivity index (χ1v) is 8.83. The van der Waals surface area contributed by atoms with Gasteiger partial charge in [0.25, 0.3) is 0 Å². The smallest absolute Gasteiger partial charge is 0.398 e. The Balaban J connectivity index is 3.36. The second-order valence-corrected chi connectivity index (χ2v) is 7.90. The molecule has 0 aromatic heterocycles. The number of halogens is 5. The van der Waals surface area contributed by atoms with Gasteiger partial charge in [-0.05, 0) is 34.5 Å². The molecular formula is C11H13Br2F3N2O2S. The van der Waals surface area contributed by atoms with Crippen LogP contribution in [0, 0.1) is 0 Å². The van der Waals surface area contributed by atoms with E-state index in [1.807, 2.05) is 0 Å². The van der Waals surface area contributed by atoms with E-state index >= 15 is 0 Å². The van der Waals surface area contributed by atoms with Crippen LogP contribution in [-0.2, 0) is 10.0 Å². The Kier molecular flexibility index (Phi) is 6.10. The molecule has 120 valence electrons. The second-order valence-electron chi connectivity index (χ2n) is 4.26. The van der Waals surface area contributed by atoms with E-state index < -0.39 is 22.7 Å². The van der Waals surface area contributed by atoms with Gasteiger partial charge in [-0.2, -0.15) is 17.5 Å². The number of hydrogen-bond acceptors (Lipinski definition) is 3. The first-order chi connectivity index (χ1) is 9.49. The number of nitrogens with zero attached hydrogens (tertiary/aromatic N) is 1. The highest BCUT2D eigenvalue weighted by molar-refractivity contribution is 9.11. The van der Waals surface area contributed by atoms with Crippen LogP contribution in [0.2, 0.25) is 0 Å². The number of nitrogen functional groups attached to an aromatic ring is 1. The summed E-state index contributed by atoms with van der Waals surface area (Å²) >= 11 is 6.17. The Morgan fingerprint density at radius 1 is 1.29 bits per heavy atom. The molecule has 10 heteroatoms. The van der Waals surface area contributed by atoms with Gasteiger partial charge in [0.1, 0.15) is 11.4 Å². The van der Waals surface area contributed by atoms with Gasteiger partial charge in [0.15, 0.2) is 0 Å². The summed E-state index contributed by atoms with van der Waals surface area (Å²) in [4.78, 5) is -0.358. The minimum Gasteiger partial charge on any atom is -0.398 e. The number of anilines is 1. The summed E-state index contributed by atoms with van der Waals surface area (Å²) in [7, 11) is -4.35. The maximum absolute atomic E-state index is 12.6. The third-order valence-corrected chi connectivity index (χ3v) is 5.77. The van der Waals surface area contributed by atoms with Gasteiger partial charge >= 0.3 is 6.18 Å². The predicted octanol–water partition coefficient (Wildman–Crippen LogP) is 3.76. The lowest BCUT2D eigenvalue weighted by Gasteiger charge is -2.24. The van der Waals surface area contributed by atoms with Gasteiger partial charge in [0.05, 0.1) is 5.69 Å². The van der Waals surface area contributed by atoms with Crippen molar-refractivity contribution in [3.05, 3.63) is 21.1 Å². The van der Waals surface area contributed by atoms with Crippen molar-refractivity contribution in [2.75, 3.05) is 18.8 Å². The van der Waals surface area contributed by atoms with E-state index in [1.54, 1.807) is 6.92 Å². The Labute approximate surface area is 137 Å². The van der Waals surface area contributed by atoms with Crippen molar-refractivity contribution < 1.29 is 21.6 Å². The Bertz CT molecular complexity index is 597. The standard InChI is InChI=1S/C11H13Br2F3N2O2S/c1-2-3-18(6-11(14,15)16)21(19,20)10-8(13)4-7(12)5-9(10)17/h4-5H,2-3,6,17H2,1H3. The SMILES string of the molecule is CCCN(CC(F)(F)F)S(=O)(=O)c1c(N)cc(Br)cc1Br. The van der Waals surface area contributed by atoms with Gasteiger partial charge in [-0.3, -0.25) is 0 Å². The van der Waals surface area contributed by atoms with Crippen molar-refractivity contribution in [2.24, 2.45) is 0 Å². The van der Waals surface area contributed by atoms with E-state index in [1.165, 1.54) is 12.1 Å². The van der Waals surface area contributed by atoms with Crippen molar-refractivity contribution in [3.63, 3.8) is 0 Å². The minimum atomic E-state index is -4.63. The summed E-state index contributed by atoms with van der Waals surface area (Å²) in [6.45, 7) is -0.201. The molecule has 0 aliphatic rings. The number of nitrogens with two attached hydrogens (primary N) is 1. The van der Waals surface area contributed by atoms with Crippen LogP contribution in [0.15, 0.2) is 26.0 Å². The second kappa shape index (κ2) is 6.84. The van der Waals surface area contributed by atoms with E-state index in [-0.39, 0.29) is 28.0 Å². The monoisotopic (exact) mass is 452 g/mol. The maximum Gasteiger partial charge on any atom is 0.402 e. The number of sulfonamides is 1. The fourth-order valence-corrected chi connectivity index (χ4v) is 5.25. The molecule has 0 fully saturated rings. The first-order valence-electron chi connectivity index (χ1n) is 5.80. The van der Waals surface area contributed by atoms with Crippen LogP contribution in [0.25, 0.3) is 0 Å². The average molecular weight is 454 g/mol. The molecule has 0 atom stereocenters. The number of benzene rings is 1. The molecule has 1 rings (SSSR count). The summed E-state index contributed by atoms with van der Waals surface area (Å²) in [5.74, 6) is 0. The molecule has 0 spiro atoms. The molecule has 0 aliphatic heterocycles. The van der Waals surface area contributed by atoms with Crippen molar-refractivity contribution in [3.8, 4) is 0 Å². The zero-order valence-electron chi connectivity index (χ0n) is 10.9. The average Bonchev–Trinajstić information content (AvgIpc) is 2.24. The van der Waals surface area contributed by atoms with Crippen LogP contribution < -0.4 is 5.73 Å². The molecule has 2 N–H and O–H groups in total. The van der Waals surface area contributed by atoms with Crippen LogP contribution in [0.5, 0.6) is 0 Å². The highest BCUT2D eigenvalue weighted by Crippen LogP contribution is 2.34. The lowest BCUT2D eigenvalue weighted by molar-refractivity contribution is -0.136.